The molecule has 2 aromatic rings. The van der Waals surface area contributed by atoms with Crippen LogP contribution in [0.3, 0.4) is 0 Å². The molecule has 0 fully saturated rings. The van der Waals surface area contributed by atoms with E-state index in [0.717, 1.165) is 15.4 Å². The molecular weight excluding hydrogens is 256 g/mol. The molecule has 0 saturated carbocycles. The lowest BCUT2D eigenvalue weighted by atomic mass is 10.1. The number of para-hydroxylation sites is 1. The molecule has 3 nitrogen and oxygen atoms in total. The van der Waals surface area contributed by atoms with Crippen molar-refractivity contribution in [2.75, 3.05) is 6.54 Å². The minimum Gasteiger partial charge on any atom is -0.349 e. The van der Waals surface area contributed by atoms with Crippen LogP contribution in [0.2, 0.25) is 0 Å². The maximum absolute atomic E-state index is 11.6. The molecule has 0 aliphatic carbocycles. The number of aryl methyl sites for hydroxylation is 1. The molecule has 0 bridgehead atoms. The van der Waals surface area contributed by atoms with Crippen LogP contribution < -0.4 is 5.73 Å². The van der Waals surface area contributed by atoms with E-state index >= 15 is 0 Å². The lowest BCUT2D eigenvalue weighted by Gasteiger charge is -1.98. The van der Waals surface area contributed by atoms with Gasteiger partial charge in [-0.25, -0.2) is 0 Å². The van der Waals surface area contributed by atoms with E-state index in [9.17, 15) is 4.79 Å². The van der Waals surface area contributed by atoms with Crippen molar-refractivity contribution in [2.24, 2.45) is 12.8 Å². The minimum absolute atomic E-state index is 0.0290. The third-order valence-electron chi connectivity index (χ3n) is 2.44. The Morgan fingerprint density at radius 2 is 2.27 bits per heavy atom. The van der Waals surface area contributed by atoms with Crippen LogP contribution >= 0.6 is 15.9 Å². The molecule has 0 saturated heterocycles. The first kappa shape index (κ1) is 10.4. The normalized spacial score (nSPS) is 10.9. The number of halogens is 1. The van der Waals surface area contributed by atoms with E-state index in [0.29, 0.717) is 5.56 Å². The van der Waals surface area contributed by atoms with E-state index in [4.69, 9.17) is 5.73 Å². The van der Waals surface area contributed by atoms with Gasteiger partial charge in [0.05, 0.1) is 12.1 Å². The fourth-order valence-corrected chi connectivity index (χ4v) is 2.40. The number of benzene rings is 1. The molecule has 0 unspecified atom stereocenters. The van der Waals surface area contributed by atoms with Crippen LogP contribution in [-0.2, 0) is 7.05 Å². The third kappa shape index (κ3) is 1.60. The molecule has 0 spiro atoms. The van der Waals surface area contributed by atoms with Crippen molar-refractivity contribution >= 4 is 32.6 Å². The molecule has 2 N–H and O–H groups in total. The zero-order chi connectivity index (χ0) is 11.0. The lowest BCUT2D eigenvalue weighted by Crippen LogP contribution is -2.12. The Hall–Kier alpha value is -1.13. The van der Waals surface area contributed by atoms with Crippen molar-refractivity contribution in [3.8, 4) is 0 Å². The van der Waals surface area contributed by atoms with E-state index < -0.39 is 0 Å². The van der Waals surface area contributed by atoms with Gasteiger partial charge in [-0.15, -0.1) is 0 Å². The quantitative estimate of drug-likeness (QED) is 0.847. The summed E-state index contributed by atoms with van der Waals surface area (Å²) in [5.74, 6) is -0.0290. The summed E-state index contributed by atoms with van der Waals surface area (Å²) in [4.78, 5) is 11.6. The number of hydrogen-bond donors (Lipinski definition) is 1. The van der Waals surface area contributed by atoms with E-state index in [1.165, 1.54) is 0 Å². The number of carbonyl (C=O) groups excluding carboxylic acids is 1. The van der Waals surface area contributed by atoms with Crippen LogP contribution in [0.5, 0.6) is 0 Å². The lowest BCUT2D eigenvalue weighted by molar-refractivity contribution is 0.100. The van der Waals surface area contributed by atoms with Crippen LogP contribution in [0, 0.1) is 0 Å². The monoisotopic (exact) mass is 266 g/mol. The second-order valence-electron chi connectivity index (χ2n) is 3.42. The van der Waals surface area contributed by atoms with E-state index in [1.807, 2.05) is 36.0 Å². The Morgan fingerprint density at radius 3 is 2.93 bits per heavy atom. The van der Waals surface area contributed by atoms with Crippen LogP contribution in [0.15, 0.2) is 28.9 Å². The Labute approximate surface area is 96.0 Å². The predicted octanol–water partition coefficient (Wildman–Crippen LogP) is 2.08. The summed E-state index contributed by atoms with van der Waals surface area (Å²) in [5.41, 5.74) is 7.09. The number of aromatic nitrogens is 1. The zero-order valence-corrected chi connectivity index (χ0v) is 9.91. The molecule has 78 valence electrons. The van der Waals surface area contributed by atoms with Crippen molar-refractivity contribution < 1.29 is 4.79 Å². The molecule has 1 heterocycles. The predicted molar refractivity (Wildman–Crippen MR) is 64.0 cm³/mol. The average molecular weight is 267 g/mol. The van der Waals surface area contributed by atoms with Crippen LogP contribution in [0.25, 0.3) is 10.9 Å². The number of rotatable bonds is 2. The van der Waals surface area contributed by atoms with Crippen molar-refractivity contribution in [3.05, 3.63) is 34.4 Å². The molecule has 0 atom stereocenters. The highest BCUT2D eigenvalue weighted by Crippen LogP contribution is 2.27. The topological polar surface area (TPSA) is 48.0 Å². The van der Waals surface area contributed by atoms with Gasteiger partial charge in [-0.1, -0.05) is 12.1 Å². The molecule has 2 rings (SSSR count). The highest BCUT2D eigenvalue weighted by molar-refractivity contribution is 9.10. The number of fused-ring (bicyclic) bond motifs is 1. The standard InChI is InChI=1S/C11H11BrN2O/c1-14-6-8(10(15)5-13)7-3-2-4-9(12)11(7)14/h2-4,6H,5,13H2,1H3. The van der Waals surface area contributed by atoms with Gasteiger partial charge in [0.15, 0.2) is 5.78 Å². The van der Waals surface area contributed by atoms with E-state index in [1.54, 1.807) is 0 Å². The van der Waals surface area contributed by atoms with Gasteiger partial charge in [0.1, 0.15) is 0 Å². The Balaban J connectivity index is 2.79. The molecule has 1 aromatic carbocycles. The van der Waals surface area contributed by atoms with Crippen molar-refractivity contribution in [2.45, 2.75) is 0 Å². The van der Waals surface area contributed by atoms with Gasteiger partial charge in [0, 0.05) is 28.7 Å². The summed E-state index contributed by atoms with van der Waals surface area (Å²) in [5, 5.41) is 0.947. The first-order chi connectivity index (χ1) is 7.15. The summed E-state index contributed by atoms with van der Waals surface area (Å²) in [6.45, 7) is 0.0472. The highest BCUT2D eigenvalue weighted by atomic mass is 79.9. The Morgan fingerprint density at radius 1 is 1.53 bits per heavy atom. The molecule has 0 aliphatic rings. The molecule has 4 heteroatoms. The second kappa shape index (κ2) is 3.79. The SMILES string of the molecule is Cn1cc(C(=O)CN)c2cccc(Br)c21. The smallest absolute Gasteiger partial charge is 0.178 e. The van der Waals surface area contributed by atoms with Crippen LogP contribution in [0.1, 0.15) is 10.4 Å². The van der Waals surface area contributed by atoms with Gasteiger partial charge in [-0.3, -0.25) is 4.79 Å². The maximum atomic E-state index is 11.6. The first-order valence-electron chi connectivity index (χ1n) is 4.62. The zero-order valence-electron chi connectivity index (χ0n) is 8.33. The number of nitrogens with two attached hydrogens (primary N) is 1. The number of ketones is 1. The molecule has 1 aromatic heterocycles. The van der Waals surface area contributed by atoms with E-state index in [-0.39, 0.29) is 12.3 Å². The largest absolute Gasteiger partial charge is 0.349 e. The van der Waals surface area contributed by atoms with Crippen molar-refractivity contribution in [3.63, 3.8) is 0 Å². The van der Waals surface area contributed by atoms with Gasteiger partial charge in [-0.2, -0.15) is 0 Å². The number of nitrogens with zero attached hydrogens (tertiary/aromatic N) is 1. The average Bonchev–Trinajstić information content (AvgIpc) is 2.56. The molecule has 0 aliphatic heterocycles. The fourth-order valence-electron chi connectivity index (χ4n) is 1.75. The van der Waals surface area contributed by atoms with Gasteiger partial charge >= 0.3 is 0 Å². The second-order valence-corrected chi connectivity index (χ2v) is 4.27. The van der Waals surface area contributed by atoms with Crippen molar-refractivity contribution in [1.29, 1.82) is 0 Å². The fraction of sp³-hybridized carbons (Fsp3) is 0.182. The third-order valence-corrected chi connectivity index (χ3v) is 3.08. The van der Waals surface area contributed by atoms with Gasteiger partial charge in [0.2, 0.25) is 0 Å². The van der Waals surface area contributed by atoms with Crippen LogP contribution in [-0.4, -0.2) is 16.9 Å². The first-order valence-corrected chi connectivity index (χ1v) is 5.41. The molecular formula is C11H11BrN2O. The number of carbonyl (C=O) groups is 1. The van der Waals surface area contributed by atoms with Crippen LogP contribution in [0.4, 0.5) is 0 Å². The molecule has 0 radical (unpaired) electrons. The molecule has 0 amide bonds. The molecule has 15 heavy (non-hydrogen) atoms. The summed E-state index contributed by atoms with van der Waals surface area (Å²) in [7, 11) is 1.92. The summed E-state index contributed by atoms with van der Waals surface area (Å²) >= 11 is 3.47. The van der Waals surface area contributed by atoms with Gasteiger partial charge < -0.3 is 10.3 Å². The Bertz CT molecular complexity index is 531. The minimum atomic E-state index is -0.0290. The van der Waals surface area contributed by atoms with Gasteiger partial charge in [-0.05, 0) is 22.0 Å². The van der Waals surface area contributed by atoms with Crippen molar-refractivity contribution in [1.82, 2.24) is 4.57 Å². The summed E-state index contributed by atoms with van der Waals surface area (Å²) < 4.78 is 2.92. The maximum Gasteiger partial charge on any atom is 0.178 e. The highest BCUT2D eigenvalue weighted by Gasteiger charge is 2.13. The summed E-state index contributed by atoms with van der Waals surface area (Å²) in [6, 6.07) is 5.81. The van der Waals surface area contributed by atoms with E-state index in [2.05, 4.69) is 15.9 Å². The number of hydrogen-bond acceptors (Lipinski definition) is 2. The Kier molecular flexibility index (Phi) is 2.63. The van der Waals surface area contributed by atoms with Gasteiger partial charge in [0.25, 0.3) is 0 Å². The summed E-state index contributed by atoms with van der Waals surface area (Å²) in [6.07, 6.45) is 1.82. The number of Topliss-reactive ketones (excluding diaryl/α,β-unsaturated/α-hetero) is 1.